The molecule has 0 heterocycles. The normalized spacial score (nSPS) is 9.88. The lowest BCUT2D eigenvalue weighted by molar-refractivity contribution is -0.116. The first-order chi connectivity index (χ1) is 11.9. The topological polar surface area (TPSA) is 70.7 Å². The van der Waals surface area contributed by atoms with E-state index < -0.39 is 0 Å². The van der Waals surface area contributed by atoms with Crippen LogP contribution in [0.5, 0.6) is 5.75 Å². The highest BCUT2D eigenvalue weighted by atomic mass is 32.1. The summed E-state index contributed by atoms with van der Waals surface area (Å²) in [5.41, 5.74) is 1.86. The number of nitrogens with zero attached hydrogens (tertiary/aromatic N) is 1. The van der Waals surface area contributed by atoms with Gasteiger partial charge in [0.15, 0.2) is 5.11 Å². The first-order valence-corrected chi connectivity index (χ1v) is 7.92. The van der Waals surface area contributed by atoms with Crippen LogP contribution in [0.1, 0.15) is 17.3 Å². The number of carbonyl (C=O) groups is 2. The van der Waals surface area contributed by atoms with Crippen molar-refractivity contribution < 1.29 is 14.3 Å². The number of rotatable bonds is 4. The number of ether oxygens (including phenoxy) is 1. The molecule has 0 radical (unpaired) electrons. The van der Waals surface area contributed by atoms with Gasteiger partial charge in [0, 0.05) is 30.9 Å². The van der Waals surface area contributed by atoms with Crippen LogP contribution in [0.15, 0.2) is 48.5 Å². The summed E-state index contributed by atoms with van der Waals surface area (Å²) >= 11 is 5.17. The second-order valence-corrected chi connectivity index (χ2v) is 5.67. The molecule has 0 aliphatic heterocycles. The summed E-state index contributed by atoms with van der Waals surface area (Å²) in [5, 5.41) is 5.72. The molecule has 0 fully saturated rings. The van der Waals surface area contributed by atoms with Gasteiger partial charge in [-0.3, -0.25) is 14.9 Å². The van der Waals surface area contributed by atoms with E-state index in [1.54, 1.807) is 56.6 Å². The summed E-state index contributed by atoms with van der Waals surface area (Å²) in [6, 6.07) is 13.9. The van der Waals surface area contributed by atoms with Gasteiger partial charge >= 0.3 is 0 Å². The highest BCUT2D eigenvalue weighted by Gasteiger charge is 2.10. The predicted octanol–water partition coefficient (Wildman–Crippen LogP) is 2.80. The van der Waals surface area contributed by atoms with Gasteiger partial charge in [0.25, 0.3) is 5.91 Å². The molecule has 0 spiro atoms. The number of amides is 2. The number of anilines is 2. The van der Waals surface area contributed by atoms with E-state index >= 15 is 0 Å². The van der Waals surface area contributed by atoms with E-state index in [2.05, 4.69) is 10.6 Å². The van der Waals surface area contributed by atoms with Gasteiger partial charge in [-0.05, 0) is 54.7 Å². The first-order valence-electron chi connectivity index (χ1n) is 7.51. The zero-order valence-corrected chi connectivity index (χ0v) is 15.0. The van der Waals surface area contributed by atoms with Crippen LogP contribution >= 0.6 is 12.2 Å². The molecule has 2 rings (SSSR count). The van der Waals surface area contributed by atoms with Crippen LogP contribution in [0.25, 0.3) is 0 Å². The standard InChI is InChI=1S/C18H19N3O3S/c1-12(22)21(2)15-6-4-5-14(11-15)19-18(25)20-17(23)13-7-9-16(24-3)10-8-13/h4-11H,1-3H3,(H2,19,20,23,25). The number of benzene rings is 2. The summed E-state index contributed by atoms with van der Waals surface area (Å²) in [6.07, 6.45) is 0. The molecule has 0 saturated carbocycles. The van der Waals surface area contributed by atoms with Crippen molar-refractivity contribution >= 4 is 40.5 Å². The van der Waals surface area contributed by atoms with E-state index in [4.69, 9.17) is 17.0 Å². The Labute approximate surface area is 151 Å². The lowest BCUT2D eigenvalue weighted by Gasteiger charge is -2.16. The summed E-state index contributed by atoms with van der Waals surface area (Å²) in [7, 11) is 3.25. The van der Waals surface area contributed by atoms with Crippen LogP contribution in [0.4, 0.5) is 11.4 Å². The molecule has 2 aromatic carbocycles. The molecule has 0 aromatic heterocycles. The zero-order valence-electron chi connectivity index (χ0n) is 14.2. The second kappa shape index (κ2) is 8.25. The van der Waals surface area contributed by atoms with E-state index in [-0.39, 0.29) is 16.9 Å². The molecule has 6 nitrogen and oxygen atoms in total. The van der Waals surface area contributed by atoms with Crippen molar-refractivity contribution in [2.75, 3.05) is 24.4 Å². The average Bonchev–Trinajstić information content (AvgIpc) is 2.61. The zero-order chi connectivity index (χ0) is 18.4. The highest BCUT2D eigenvalue weighted by molar-refractivity contribution is 7.80. The van der Waals surface area contributed by atoms with Gasteiger partial charge in [0.1, 0.15) is 5.75 Å². The number of nitrogens with one attached hydrogen (secondary N) is 2. The molecule has 130 valence electrons. The average molecular weight is 357 g/mol. The molecule has 2 amide bonds. The second-order valence-electron chi connectivity index (χ2n) is 5.27. The van der Waals surface area contributed by atoms with Gasteiger partial charge in [-0.25, -0.2) is 0 Å². The molecular formula is C18H19N3O3S. The fourth-order valence-corrected chi connectivity index (χ4v) is 2.26. The Balaban J connectivity index is 2.00. The Kier molecular flexibility index (Phi) is 6.08. The maximum atomic E-state index is 12.2. The quantitative estimate of drug-likeness (QED) is 0.824. The van der Waals surface area contributed by atoms with Crippen molar-refractivity contribution in [2.24, 2.45) is 0 Å². The fourth-order valence-electron chi connectivity index (χ4n) is 2.05. The van der Waals surface area contributed by atoms with E-state index in [0.717, 1.165) is 5.69 Å². The minimum atomic E-state index is -0.322. The number of hydrogen-bond donors (Lipinski definition) is 2. The summed E-state index contributed by atoms with van der Waals surface area (Å²) < 4.78 is 5.06. The third kappa shape index (κ3) is 5.02. The number of thiocarbonyl (C=S) groups is 1. The van der Waals surface area contributed by atoms with Gasteiger partial charge in [-0.1, -0.05) is 6.07 Å². The molecule has 0 aliphatic carbocycles. The maximum absolute atomic E-state index is 12.2. The summed E-state index contributed by atoms with van der Waals surface area (Å²) in [5.74, 6) is 0.272. The van der Waals surface area contributed by atoms with Crippen molar-refractivity contribution in [3.8, 4) is 5.75 Å². The van der Waals surface area contributed by atoms with Gasteiger partial charge in [-0.2, -0.15) is 0 Å². The molecule has 0 bridgehead atoms. The molecule has 2 N–H and O–H groups in total. The van der Waals surface area contributed by atoms with Crippen LogP contribution < -0.4 is 20.3 Å². The Hall–Kier alpha value is -2.93. The van der Waals surface area contributed by atoms with Gasteiger partial charge in [0.05, 0.1) is 7.11 Å². The van der Waals surface area contributed by atoms with E-state index in [0.29, 0.717) is 17.0 Å². The molecule has 0 aliphatic rings. The smallest absolute Gasteiger partial charge is 0.257 e. The Morgan fingerprint density at radius 2 is 1.80 bits per heavy atom. The Morgan fingerprint density at radius 3 is 2.40 bits per heavy atom. The lowest BCUT2D eigenvalue weighted by Crippen LogP contribution is -2.34. The van der Waals surface area contributed by atoms with Crippen molar-refractivity contribution in [1.82, 2.24) is 5.32 Å². The number of methoxy groups -OCH3 is 1. The van der Waals surface area contributed by atoms with E-state index in [1.165, 1.54) is 11.8 Å². The van der Waals surface area contributed by atoms with Crippen molar-refractivity contribution in [1.29, 1.82) is 0 Å². The minimum absolute atomic E-state index is 0.0764. The van der Waals surface area contributed by atoms with Gasteiger partial charge in [0.2, 0.25) is 5.91 Å². The third-order valence-electron chi connectivity index (χ3n) is 3.54. The maximum Gasteiger partial charge on any atom is 0.257 e. The summed E-state index contributed by atoms with van der Waals surface area (Å²) in [4.78, 5) is 25.1. The predicted molar refractivity (Wildman–Crippen MR) is 102 cm³/mol. The molecule has 7 heteroatoms. The molecule has 25 heavy (non-hydrogen) atoms. The van der Waals surface area contributed by atoms with Crippen LogP contribution in [0, 0.1) is 0 Å². The van der Waals surface area contributed by atoms with E-state index in [9.17, 15) is 9.59 Å². The summed E-state index contributed by atoms with van der Waals surface area (Å²) in [6.45, 7) is 1.49. The molecule has 2 aromatic rings. The van der Waals surface area contributed by atoms with Gasteiger partial charge in [-0.15, -0.1) is 0 Å². The largest absolute Gasteiger partial charge is 0.497 e. The van der Waals surface area contributed by atoms with Crippen molar-refractivity contribution in [3.05, 3.63) is 54.1 Å². The number of hydrogen-bond acceptors (Lipinski definition) is 4. The monoisotopic (exact) mass is 357 g/mol. The molecule has 0 saturated heterocycles. The van der Waals surface area contributed by atoms with Gasteiger partial charge < -0.3 is 15.0 Å². The van der Waals surface area contributed by atoms with Crippen LogP contribution in [-0.2, 0) is 4.79 Å². The van der Waals surface area contributed by atoms with Crippen molar-refractivity contribution in [2.45, 2.75) is 6.92 Å². The minimum Gasteiger partial charge on any atom is -0.497 e. The fraction of sp³-hybridized carbons (Fsp3) is 0.167. The third-order valence-corrected chi connectivity index (χ3v) is 3.75. The van der Waals surface area contributed by atoms with Crippen molar-refractivity contribution in [3.63, 3.8) is 0 Å². The van der Waals surface area contributed by atoms with Crippen LogP contribution in [-0.4, -0.2) is 31.1 Å². The Morgan fingerprint density at radius 1 is 1.12 bits per heavy atom. The van der Waals surface area contributed by atoms with Crippen LogP contribution in [0.3, 0.4) is 0 Å². The Bertz CT molecular complexity index is 790. The molecular weight excluding hydrogens is 338 g/mol. The molecule has 0 atom stereocenters. The number of carbonyl (C=O) groups excluding carboxylic acids is 2. The SMILES string of the molecule is COc1ccc(C(=O)NC(=S)Nc2cccc(N(C)C(C)=O)c2)cc1. The lowest BCUT2D eigenvalue weighted by atomic mass is 10.2. The first kappa shape index (κ1) is 18.4. The highest BCUT2D eigenvalue weighted by Crippen LogP contribution is 2.18. The van der Waals surface area contributed by atoms with E-state index in [1.807, 2.05) is 6.07 Å². The molecule has 0 unspecified atom stereocenters. The van der Waals surface area contributed by atoms with Crippen LogP contribution in [0.2, 0.25) is 0 Å².